The van der Waals surface area contributed by atoms with Crippen LogP contribution in [0.1, 0.15) is 54.5 Å². The maximum Gasteiger partial charge on any atom is 0.416 e. The summed E-state index contributed by atoms with van der Waals surface area (Å²) in [5.74, 6) is 0. The number of halogens is 9. The third kappa shape index (κ3) is 6.48. The van der Waals surface area contributed by atoms with Crippen molar-refractivity contribution in [3.63, 3.8) is 0 Å². The second-order valence-corrected chi connectivity index (χ2v) is 9.18. The highest BCUT2D eigenvalue weighted by Gasteiger charge is 2.51. The molecule has 0 saturated heterocycles. The van der Waals surface area contributed by atoms with Gasteiger partial charge in [0.15, 0.2) is 0 Å². The van der Waals surface area contributed by atoms with Gasteiger partial charge in [-0.05, 0) is 73.7 Å². The Labute approximate surface area is 228 Å². The lowest BCUT2D eigenvalue weighted by Gasteiger charge is -2.52. The minimum atomic E-state index is -5.16. The average molecular weight is 600 g/mol. The first-order valence-corrected chi connectivity index (χ1v) is 12.2. The van der Waals surface area contributed by atoms with E-state index in [1.807, 2.05) is 0 Å². The highest BCUT2D eigenvalue weighted by atomic mass is 19.4. The Morgan fingerprint density at radius 2 is 1.44 bits per heavy atom. The number of ether oxygens (including phenoxy) is 2. The van der Waals surface area contributed by atoms with E-state index >= 15 is 0 Å². The van der Waals surface area contributed by atoms with Crippen LogP contribution in [0.2, 0.25) is 0 Å². The Morgan fingerprint density at radius 1 is 0.878 bits per heavy atom. The van der Waals surface area contributed by atoms with Crippen molar-refractivity contribution in [2.45, 2.75) is 63.8 Å². The molecule has 2 aromatic carbocycles. The maximum atomic E-state index is 13.5. The van der Waals surface area contributed by atoms with Crippen molar-refractivity contribution in [2.75, 3.05) is 18.6 Å². The van der Waals surface area contributed by atoms with E-state index in [2.05, 4.69) is 0 Å². The van der Waals surface area contributed by atoms with E-state index in [9.17, 15) is 49.1 Å². The van der Waals surface area contributed by atoms with Crippen LogP contribution in [0.4, 0.5) is 54.8 Å². The molecule has 15 heteroatoms. The Morgan fingerprint density at radius 3 is 1.90 bits per heavy atom. The molecule has 0 aliphatic carbocycles. The van der Waals surface area contributed by atoms with Crippen LogP contribution >= 0.6 is 0 Å². The summed E-state index contributed by atoms with van der Waals surface area (Å²) < 4.78 is 131. The van der Waals surface area contributed by atoms with Crippen molar-refractivity contribution in [1.29, 1.82) is 0 Å². The number of rotatable bonds is 5. The third-order valence-corrected chi connectivity index (χ3v) is 6.76. The van der Waals surface area contributed by atoms with Crippen LogP contribution in [0.3, 0.4) is 0 Å². The van der Waals surface area contributed by atoms with Crippen LogP contribution in [0.15, 0.2) is 36.4 Å². The molecule has 2 aromatic rings. The molecule has 1 aliphatic heterocycles. The molecule has 1 heterocycles. The number of alkyl halides is 9. The Balaban J connectivity index is 2.24. The highest BCUT2D eigenvalue weighted by molar-refractivity contribution is 5.92. The molecule has 1 aliphatic rings. The van der Waals surface area contributed by atoms with E-state index in [0.717, 1.165) is 29.0 Å². The van der Waals surface area contributed by atoms with E-state index in [1.54, 1.807) is 0 Å². The largest absolute Gasteiger partial charge is 0.453 e. The van der Waals surface area contributed by atoms with Crippen molar-refractivity contribution in [2.24, 2.45) is 0 Å². The molecule has 226 valence electrons. The Kier molecular flexibility index (Phi) is 8.80. The number of aryl methyl sites for hydroxylation is 1. The lowest BCUT2D eigenvalue weighted by atomic mass is 9.86. The van der Waals surface area contributed by atoms with Gasteiger partial charge < -0.3 is 9.47 Å². The molecule has 6 nitrogen and oxygen atoms in total. The number of hydrogen-bond acceptors (Lipinski definition) is 4. The molecule has 1 unspecified atom stereocenters. The van der Waals surface area contributed by atoms with Crippen LogP contribution in [-0.2, 0) is 41.0 Å². The van der Waals surface area contributed by atoms with Crippen LogP contribution in [0.5, 0.6) is 0 Å². The summed E-state index contributed by atoms with van der Waals surface area (Å²) in [6, 6.07) is 3.35. The van der Waals surface area contributed by atoms with Gasteiger partial charge in [-0.3, -0.25) is 9.80 Å². The number of methoxy groups -OCH3 is 1. The second-order valence-electron chi connectivity index (χ2n) is 9.18. The zero-order valence-electron chi connectivity index (χ0n) is 21.9. The van der Waals surface area contributed by atoms with Gasteiger partial charge in [-0.15, -0.1) is 0 Å². The fourth-order valence-corrected chi connectivity index (χ4v) is 4.87. The molecule has 41 heavy (non-hydrogen) atoms. The lowest BCUT2D eigenvalue weighted by molar-refractivity contribution is -0.143. The highest BCUT2D eigenvalue weighted by Crippen LogP contribution is 2.45. The molecule has 0 radical (unpaired) electrons. The summed E-state index contributed by atoms with van der Waals surface area (Å²) in [5.41, 5.74) is -6.62. The predicted molar refractivity (Wildman–Crippen MR) is 127 cm³/mol. The van der Waals surface area contributed by atoms with Gasteiger partial charge in [0.2, 0.25) is 0 Å². The smallest absolute Gasteiger partial charge is 0.416 e. The first-order chi connectivity index (χ1) is 18.9. The summed E-state index contributed by atoms with van der Waals surface area (Å²) in [5, 5.41) is 0. The van der Waals surface area contributed by atoms with E-state index in [0.29, 0.717) is 18.2 Å². The molecular formula is C26H25F9N2O4. The van der Waals surface area contributed by atoms with Gasteiger partial charge in [-0.1, -0.05) is 6.92 Å². The molecule has 0 fully saturated rings. The number of benzene rings is 2. The minimum absolute atomic E-state index is 0.0679. The van der Waals surface area contributed by atoms with Crippen LogP contribution < -0.4 is 4.90 Å². The molecule has 1 atom stereocenters. The molecule has 0 N–H and O–H groups in total. The van der Waals surface area contributed by atoms with E-state index in [-0.39, 0.29) is 43.2 Å². The quantitative estimate of drug-likeness (QED) is 0.326. The van der Waals surface area contributed by atoms with Gasteiger partial charge in [0.05, 0.1) is 42.6 Å². The van der Waals surface area contributed by atoms with Gasteiger partial charge in [-0.25, -0.2) is 9.59 Å². The van der Waals surface area contributed by atoms with Gasteiger partial charge >= 0.3 is 30.7 Å². The molecule has 0 aromatic heterocycles. The van der Waals surface area contributed by atoms with Crippen molar-refractivity contribution >= 4 is 17.9 Å². The van der Waals surface area contributed by atoms with Crippen molar-refractivity contribution in [3.05, 3.63) is 64.2 Å². The monoisotopic (exact) mass is 600 g/mol. The summed E-state index contributed by atoms with van der Waals surface area (Å²) >= 11 is 0. The maximum absolute atomic E-state index is 13.5. The Bertz CT molecular complexity index is 1260. The van der Waals surface area contributed by atoms with Crippen molar-refractivity contribution < 1.29 is 58.6 Å². The SMILES string of the molecule is CCOC(=O)N1c2ccc(C(F)(F)F)cc2CCC1(CC)N(Cc1cc(C(F)(F)F)cc(C(F)(F)F)c1)C(=O)OC. The molecule has 0 bridgehead atoms. The van der Waals surface area contributed by atoms with E-state index in [1.165, 1.54) is 13.8 Å². The minimum Gasteiger partial charge on any atom is -0.453 e. The van der Waals surface area contributed by atoms with Gasteiger partial charge in [-0.2, -0.15) is 39.5 Å². The molecular weight excluding hydrogens is 575 g/mol. The predicted octanol–water partition coefficient (Wildman–Crippen LogP) is 8.03. The molecule has 2 amide bonds. The number of hydrogen-bond donors (Lipinski definition) is 0. The summed E-state index contributed by atoms with van der Waals surface area (Å²) in [6.07, 6.45) is -17.8. The van der Waals surface area contributed by atoms with E-state index in [4.69, 9.17) is 9.47 Å². The second kappa shape index (κ2) is 11.3. The average Bonchev–Trinajstić information content (AvgIpc) is 2.88. The number of carbonyl (C=O) groups excluding carboxylic acids is 2. The summed E-state index contributed by atoms with van der Waals surface area (Å²) in [7, 11) is 0.924. The van der Waals surface area contributed by atoms with Gasteiger partial charge in [0.1, 0.15) is 5.66 Å². The molecule has 0 saturated carbocycles. The number of nitrogens with zero attached hydrogens (tertiary/aromatic N) is 2. The lowest BCUT2D eigenvalue weighted by Crippen LogP contribution is -2.65. The zero-order valence-corrected chi connectivity index (χ0v) is 21.9. The van der Waals surface area contributed by atoms with Gasteiger partial charge in [0, 0.05) is 0 Å². The normalized spacial score (nSPS) is 17.6. The summed E-state index contributed by atoms with van der Waals surface area (Å²) in [4.78, 5) is 28.1. The summed E-state index contributed by atoms with van der Waals surface area (Å²) in [6.45, 7) is 1.87. The van der Waals surface area contributed by atoms with Crippen LogP contribution in [0, 0.1) is 0 Å². The number of carbonyl (C=O) groups is 2. The fraction of sp³-hybridized carbons (Fsp3) is 0.462. The van der Waals surface area contributed by atoms with E-state index < -0.39 is 65.2 Å². The van der Waals surface area contributed by atoms with Crippen LogP contribution in [-0.4, -0.2) is 36.5 Å². The number of amides is 2. The molecule has 3 rings (SSSR count). The first-order valence-electron chi connectivity index (χ1n) is 12.2. The molecule has 0 spiro atoms. The van der Waals surface area contributed by atoms with Crippen molar-refractivity contribution in [3.8, 4) is 0 Å². The van der Waals surface area contributed by atoms with Gasteiger partial charge in [0.25, 0.3) is 0 Å². The zero-order chi connectivity index (χ0) is 31.0. The van der Waals surface area contributed by atoms with Crippen LogP contribution in [0.25, 0.3) is 0 Å². The number of anilines is 1. The topological polar surface area (TPSA) is 59.1 Å². The number of fused-ring (bicyclic) bond motifs is 1. The van der Waals surface area contributed by atoms with Crippen molar-refractivity contribution in [1.82, 2.24) is 4.90 Å². The fourth-order valence-electron chi connectivity index (χ4n) is 4.87. The first kappa shape index (κ1) is 31.9. The Hall–Kier alpha value is -3.65. The third-order valence-electron chi connectivity index (χ3n) is 6.76. The standard InChI is InChI=1S/C26H25F9N2O4/c1-4-23(9-8-16-12-17(24(27,28)29)6-7-20(16)37(23)22(39)41-5-2)36(21(38)40-3)14-15-10-18(25(30,31)32)13-19(11-15)26(33,34)35/h6-7,10-13H,4-5,8-9,14H2,1-3H3.